The van der Waals surface area contributed by atoms with Gasteiger partial charge in [0.1, 0.15) is 0 Å². The highest BCUT2D eigenvalue weighted by molar-refractivity contribution is 7.83. The monoisotopic (exact) mass is 433 g/mol. The fourth-order valence-corrected chi connectivity index (χ4v) is 5.39. The normalized spacial score (nSPS) is 14.9. The van der Waals surface area contributed by atoms with Gasteiger partial charge in [0.2, 0.25) is 11.0 Å². The summed E-state index contributed by atoms with van der Waals surface area (Å²) >= 11 is 6.00. The SMILES string of the molecule is N#Cc1ccccc1Cc1cnc(N(S)C(=O)C(c2ccccc2)C2CCCC2)s1. The summed E-state index contributed by atoms with van der Waals surface area (Å²) in [4.78, 5) is 18.9. The number of hydrogen-bond donors (Lipinski definition) is 1. The number of nitrogens with zero attached hydrogens (tertiary/aromatic N) is 3. The summed E-state index contributed by atoms with van der Waals surface area (Å²) in [5, 5.41) is 9.88. The molecule has 3 aromatic rings. The molecule has 1 unspecified atom stereocenters. The number of amides is 1. The number of thiazole rings is 1. The van der Waals surface area contributed by atoms with Crippen LogP contribution in [0.4, 0.5) is 5.13 Å². The second-order valence-electron chi connectivity index (χ2n) is 7.64. The molecule has 0 N–H and O–H groups in total. The predicted molar refractivity (Wildman–Crippen MR) is 124 cm³/mol. The standard InChI is InChI=1S/C24H23N3OS2/c25-15-20-13-7-6-12-19(20)14-21-16-26-24(30-21)27(29)23(28)22(18-10-4-5-11-18)17-8-2-1-3-9-17/h1-3,6-9,12-13,16,18,22,29H,4-5,10-11,14H2. The Labute approximate surface area is 186 Å². The molecule has 0 spiro atoms. The summed E-state index contributed by atoms with van der Waals surface area (Å²) in [6.07, 6.45) is 6.88. The van der Waals surface area contributed by atoms with Gasteiger partial charge in [-0.2, -0.15) is 5.26 Å². The van der Waals surface area contributed by atoms with Crippen LogP contribution in [0.1, 0.15) is 53.2 Å². The smallest absolute Gasteiger partial charge is 0.246 e. The molecule has 1 saturated carbocycles. The van der Waals surface area contributed by atoms with Crippen molar-refractivity contribution in [3.63, 3.8) is 0 Å². The van der Waals surface area contributed by atoms with Gasteiger partial charge in [-0.1, -0.05) is 74.2 Å². The van der Waals surface area contributed by atoms with Gasteiger partial charge in [0.15, 0.2) is 0 Å². The van der Waals surface area contributed by atoms with E-state index in [0.717, 1.165) is 28.8 Å². The van der Waals surface area contributed by atoms with Crippen LogP contribution in [0.5, 0.6) is 0 Å². The van der Waals surface area contributed by atoms with Gasteiger partial charge in [0, 0.05) is 17.5 Å². The van der Waals surface area contributed by atoms with Crippen molar-refractivity contribution in [3.8, 4) is 6.07 Å². The number of benzene rings is 2. The first-order chi connectivity index (χ1) is 14.7. The molecule has 6 heteroatoms. The number of aromatic nitrogens is 1. The van der Waals surface area contributed by atoms with Gasteiger partial charge in [0.05, 0.1) is 17.6 Å². The van der Waals surface area contributed by atoms with E-state index in [1.807, 2.05) is 54.6 Å². The number of hydrogen-bond acceptors (Lipinski definition) is 5. The van der Waals surface area contributed by atoms with Crippen molar-refractivity contribution < 1.29 is 4.79 Å². The lowest BCUT2D eigenvalue weighted by molar-refractivity contribution is -0.119. The van der Waals surface area contributed by atoms with E-state index in [1.165, 1.54) is 28.5 Å². The molecule has 1 aliphatic rings. The molecule has 4 rings (SSSR count). The second-order valence-corrected chi connectivity index (χ2v) is 9.13. The second kappa shape index (κ2) is 9.46. The van der Waals surface area contributed by atoms with Gasteiger partial charge in [-0.15, -0.1) is 11.3 Å². The van der Waals surface area contributed by atoms with E-state index in [0.29, 0.717) is 23.0 Å². The maximum absolute atomic E-state index is 13.5. The summed E-state index contributed by atoms with van der Waals surface area (Å²) in [6.45, 7) is 0. The van der Waals surface area contributed by atoms with Crippen molar-refractivity contribution in [1.29, 1.82) is 5.26 Å². The Bertz CT molecular complexity index is 1050. The molecule has 0 bridgehead atoms. The molecule has 1 atom stereocenters. The number of carbonyl (C=O) groups excluding carboxylic acids is 1. The van der Waals surface area contributed by atoms with Crippen molar-refractivity contribution in [2.75, 3.05) is 4.31 Å². The first-order valence-corrected chi connectivity index (χ1v) is 11.4. The van der Waals surface area contributed by atoms with Crippen molar-refractivity contribution >= 4 is 35.2 Å². The van der Waals surface area contributed by atoms with E-state index in [1.54, 1.807) is 6.20 Å². The van der Waals surface area contributed by atoms with Crippen LogP contribution in [-0.2, 0) is 11.2 Å². The molecule has 152 valence electrons. The van der Waals surface area contributed by atoms with Gasteiger partial charge in [-0.3, -0.25) is 4.79 Å². The van der Waals surface area contributed by atoms with Crippen LogP contribution < -0.4 is 4.31 Å². The van der Waals surface area contributed by atoms with Gasteiger partial charge >= 0.3 is 0 Å². The minimum Gasteiger partial charge on any atom is -0.273 e. The summed E-state index contributed by atoms with van der Waals surface area (Å²) in [7, 11) is 0. The van der Waals surface area contributed by atoms with E-state index in [2.05, 4.69) is 23.9 Å². The number of anilines is 1. The maximum Gasteiger partial charge on any atom is 0.246 e. The highest BCUT2D eigenvalue weighted by Gasteiger charge is 2.35. The molecule has 0 aliphatic heterocycles. The average molecular weight is 434 g/mol. The Morgan fingerprint density at radius 2 is 1.87 bits per heavy atom. The van der Waals surface area contributed by atoms with E-state index < -0.39 is 0 Å². The lowest BCUT2D eigenvalue weighted by atomic mass is 9.84. The number of thiol groups is 1. The largest absolute Gasteiger partial charge is 0.273 e. The highest BCUT2D eigenvalue weighted by Crippen LogP contribution is 2.40. The molecule has 0 saturated heterocycles. The molecular formula is C24H23N3OS2. The zero-order valence-corrected chi connectivity index (χ0v) is 18.3. The third-order valence-corrected chi connectivity index (χ3v) is 7.23. The van der Waals surface area contributed by atoms with Crippen molar-refractivity contribution in [1.82, 2.24) is 4.98 Å². The van der Waals surface area contributed by atoms with E-state index in [-0.39, 0.29) is 11.8 Å². The summed E-state index contributed by atoms with van der Waals surface area (Å²) in [5.41, 5.74) is 2.67. The summed E-state index contributed by atoms with van der Waals surface area (Å²) in [6, 6.07) is 19.8. The lowest BCUT2D eigenvalue weighted by Crippen LogP contribution is -2.31. The van der Waals surface area contributed by atoms with E-state index in [9.17, 15) is 10.1 Å². The third-order valence-electron chi connectivity index (χ3n) is 5.73. The average Bonchev–Trinajstić information content (AvgIpc) is 3.47. The lowest BCUT2D eigenvalue weighted by Gasteiger charge is -2.26. The Morgan fingerprint density at radius 3 is 2.60 bits per heavy atom. The van der Waals surface area contributed by atoms with Gasteiger partial charge in [-0.25, -0.2) is 9.29 Å². The Morgan fingerprint density at radius 1 is 1.17 bits per heavy atom. The molecule has 4 nitrogen and oxygen atoms in total. The van der Waals surface area contributed by atoms with Crippen molar-refractivity contribution in [3.05, 3.63) is 82.4 Å². The van der Waals surface area contributed by atoms with Crippen LogP contribution in [0.3, 0.4) is 0 Å². The van der Waals surface area contributed by atoms with Crippen LogP contribution in [0.25, 0.3) is 0 Å². The first kappa shape index (κ1) is 20.6. The number of carbonyl (C=O) groups is 1. The van der Waals surface area contributed by atoms with E-state index in [4.69, 9.17) is 0 Å². The van der Waals surface area contributed by atoms with Gasteiger partial charge in [0.25, 0.3) is 0 Å². The van der Waals surface area contributed by atoms with Crippen molar-refractivity contribution in [2.45, 2.75) is 38.0 Å². The van der Waals surface area contributed by atoms with Gasteiger partial charge < -0.3 is 0 Å². The third kappa shape index (κ3) is 4.43. The van der Waals surface area contributed by atoms with Crippen LogP contribution in [-0.4, -0.2) is 10.9 Å². The molecular weight excluding hydrogens is 410 g/mol. The Hall–Kier alpha value is -2.62. The molecule has 1 heterocycles. The molecule has 1 amide bonds. The zero-order chi connectivity index (χ0) is 20.9. The summed E-state index contributed by atoms with van der Waals surface area (Å²) in [5.74, 6) is 0.129. The quantitative estimate of drug-likeness (QED) is 0.503. The molecule has 2 aromatic carbocycles. The number of rotatable bonds is 6. The van der Waals surface area contributed by atoms with Crippen LogP contribution in [0.2, 0.25) is 0 Å². The fraction of sp³-hybridized carbons (Fsp3) is 0.292. The highest BCUT2D eigenvalue weighted by atomic mass is 32.1. The summed E-state index contributed by atoms with van der Waals surface area (Å²) < 4.78 is 1.42. The maximum atomic E-state index is 13.5. The fourth-order valence-electron chi connectivity index (χ4n) is 4.24. The van der Waals surface area contributed by atoms with Crippen molar-refractivity contribution in [2.24, 2.45) is 5.92 Å². The predicted octanol–water partition coefficient (Wildman–Crippen LogP) is 5.76. The van der Waals surface area contributed by atoms with E-state index >= 15 is 0 Å². The van der Waals surface area contributed by atoms with Crippen LogP contribution in [0, 0.1) is 17.2 Å². The Kier molecular flexibility index (Phi) is 6.51. The molecule has 0 radical (unpaired) electrons. The van der Waals surface area contributed by atoms with Crippen LogP contribution >= 0.6 is 24.2 Å². The number of nitriles is 1. The minimum absolute atomic E-state index is 0.0187. The molecule has 1 fully saturated rings. The first-order valence-electron chi connectivity index (χ1n) is 10.2. The minimum atomic E-state index is -0.196. The topological polar surface area (TPSA) is 57.0 Å². The zero-order valence-electron chi connectivity index (χ0n) is 16.6. The molecule has 1 aliphatic carbocycles. The molecule has 1 aromatic heterocycles. The Balaban J connectivity index is 1.55. The van der Waals surface area contributed by atoms with Crippen LogP contribution in [0.15, 0.2) is 60.8 Å². The van der Waals surface area contributed by atoms with Gasteiger partial charge in [-0.05, 0) is 36.0 Å². The molecule has 30 heavy (non-hydrogen) atoms.